The van der Waals surface area contributed by atoms with Gasteiger partial charge in [0.15, 0.2) is 0 Å². The van der Waals surface area contributed by atoms with Crippen molar-refractivity contribution in [3.05, 3.63) is 58.1 Å². The molecule has 0 spiro atoms. The van der Waals surface area contributed by atoms with E-state index in [0.717, 1.165) is 9.79 Å². The number of rotatable bonds is 3. The molecule has 4 nitrogen and oxygen atoms in total. The monoisotopic (exact) mass is 261 g/mol. The molecule has 1 N–H and O–H groups in total. The van der Waals surface area contributed by atoms with E-state index in [4.69, 9.17) is 0 Å². The van der Waals surface area contributed by atoms with Crippen LogP contribution in [0.15, 0.2) is 52.3 Å². The Bertz CT molecular complexity index is 599. The first kappa shape index (κ1) is 12.4. The van der Waals surface area contributed by atoms with Crippen LogP contribution in [0.25, 0.3) is 0 Å². The molecule has 0 aliphatic rings. The van der Waals surface area contributed by atoms with Gasteiger partial charge in [0, 0.05) is 21.4 Å². The standard InChI is InChI=1S/C13H11NO3S/c1-9-5-6-12(8-13(9)14(16)17)18-11-4-2-3-10(15)7-11/h2-8,15H,1H3. The number of nitro benzene ring substituents is 1. The fourth-order valence-electron chi connectivity index (χ4n) is 1.53. The second kappa shape index (κ2) is 5.10. The van der Waals surface area contributed by atoms with Crippen molar-refractivity contribution in [3.8, 4) is 5.75 Å². The zero-order valence-electron chi connectivity index (χ0n) is 9.66. The average molecular weight is 261 g/mol. The van der Waals surface area contributed by atoms with Crippen molar-refractivity contribution >= 4 is 17.4 Å². The van der Waals surface area contributed by atoms with Crippen LogP contribution in [-0.4, -0.2) is 10.0 Å². The molecule has 0 amide bonds. The number of benzene rings is 2. The van der Waals surface area contributed by atoms with Gasteiger partial charge in [-0.2, -0.15) is 0 Å². The lowest BCUT2D eigenvalue weighted by Crippen LogP contribution is -1.91. The Kier molecular flexibility index (Phi) is 3.53. The van der Waals surface area contributed by atoms with Crippen molar-refractivity contribution in [2.75, 3.05) is 0 Å². The molecule has 0 fully saturated rings. The first-order valence-electron chi connectivity index (χ1n) is 5.28. The van der Waals surface area contributed by atoms with Crippen molar-refractivity contribution in [2.24, 2.45) is 0 Å². The molecule has 0 heterocycles. The van der Waals surface area contributed by atoms with Gasteiger partial charge in [-0.05, 0) is 31.2 Å². The minimum absolute atomic E-state index is 0.111. The molecule has 0 aromatic heterocycles. The largest absolute Gasteiger partial charge is 0.508 e. The van der Waals surface area contributed by atoms with Crippen LogP contribution >= 0.6 is 11.8 Å². The van der Waals surface area contributed by atoms with Crippen LogP contribution in [0, 0.1) is 17.0 Å². The first-order valence-corrected chi connectivity index (χ1v) is 6.10. The topological polar surface area (TPSA) is 63.4 Å². The Labute approximate surface area is 108 Å². The number of nitrogens with zero attached hydrogens (tertiary/aromatic N) is 1. The molecule has 92 valence electrons. The molecule has 0 saturated carbocycles. The second-order valence-electron chi connectivity index (χ2n) is 3.80. The van der Waals surface area contributed by atoms with E-state index in [1.54, 1.807) is 37.3 Å². The van der Waals surface area contributed by atoms with E-state index in [9.17, 15) is 15.2 Å². The average Bonchev–Trinajstić information content (AvgIpc) is 2.31. The molecule has 0 saturated heterocycles. The summed E-state index contributed by atoms with van der Waals surface area (Å²) in [6.45, 7) is 1.71. The van der Waals surface area contributed by atoms with Crippen molar-refractivity contribution in [3.63, 3.8) is 0 Å². The number of aryl methyl sites for hydroxylation is 1. The summed E-state index contributed by atoms with van der Waals surface area (Å²) in [6, 6.07) is 11.9. The molecule has 18 heavy (non-hydrogen) atoms. The molecular formula is C13H11NO3S. The summed E-state index contributed by atoms with van der Waals surface area (Å²) >= 11 is 1.38. The fourth-order valence-corrected chi connectivity index (χ4v) is 2.44. The van der Waals surface area contributed by atoms with Gasteiger partial charge < -0.3 is 5.11 Å². The molecule has 0 bridgehead atoms. The Morgan fingerprint density at radius 2 is 1.89 bits per heavy atom. The molecule has 0 radical (unpaired) electrons. The third-order valence-corrected chi connectivity index (χ3v) is 3.41. The Hall–Kier alpha value is -2.01. The minimum Gasteiger partial charge on any atom is -0.508 e. The van der Waals surface area contributed by atoms with Gasteiger partial charge in [-0.15, -0.1) is 0 Å². The van der Waals surface area contributed by atoms with E-state index >= 15 is 0 Å². The SMILES string of the molecule is Cc1ccc(Sc2cccc(O)c2)cc1[N+](=O)[O-]. The van der Waals surface area contributed by atoms with Crippen LogP contribution in [-0.2, 0) is 0 Å². The second-order valence-corrected chi connectivity index (χ2v) is 4.95. The smallest absolute Gasteiger partial charge is 0.273 e. The highest BCUT2D eigenvalue weighted by Crippen LogP contribution is 2.32. The van der Waals surface area contributed by atoms with E-state index in [0.29, 0.717) is 5.56 Å². The lowest BCUT2D eigenvalue weighted by atomic mass is 10.2. The van der Waals surface area contributed by atoms with Crippen molar-refractivity contribution in [1.29, 1.82) is 0 Å². The number of hydrogen-bond donors (Lipinski definition) is 1. The zero-order valence-corrected chi connectivity index (χ0v) is 10.5. The van der Waals surface area contributed by atoms with Gasteiger partial charge in [0.2, 0.25) is 0 Å². The van der Waals surface area contributed by atoms with Gasteiger partial charge >= 0.3 is 0 Å². The van der Waals surface area contributed by atoms with Crippen LogP contribution < -0.4 is 0 Å². The van der Waals surface area contributed by atoms with Gasteiger partial charge in [-0.3, -0.25) is 10.1 Å². The van der Waals surface area contributed by atoms with Crippen LogP contribution in [0.4, 0.5) is 5.69 Å². The molecule has 2 aromatic rings. The highest BCUT2D eigenvalue weighted by Gasteiger charge is 2.11. The molecule has 0 unspecified atom stereocenters. The van der Waals surface area contributed by atoms with Crippen molar-refractivity contribution < 1.29 is 10.0 Å². The number of aromatic hydroxyl groups is 1. The van der Waals surface area contributed by atoms with Gasteiger partial charge in [-0.1, -0.05) is 23.9 Å². The summed E-state index contributed by atoms with van der Waals surface area (Å²) < 4.78 is 0. The maximum Gasteiger partial charge on any atom is 0.273 e. The summed E-state index contributed by atoms with van der Waals surface area (Å²) in [5.74, 6) is 0.182. The third kappa shape index (κ3) is 2.81. The van der Waals surface area contributed by atoms with Crippen LogP contribution in [0.5, 0.6) is 5.75 Å². The quantitative estimate of drug-likeness (QED) is 0.675. The van der Waals surface area contributed by atoms with Gasteiger partial charge in [0.1, 0.15) is 5.75 Å². The Morgan fingerprint density at radius 1 is 1.17 bits per heavy atom. The van der Waals surface area contributed by atoms with E-state index < -0.39 is 0 Å². The number of phenols is 1. The molecular weight excluding hydrogens is 250 g/mol. The first-order chi connectivity index (χ1) is 8.56. The molecule has 0 aliphatic carbocycles. The highest BCUT2D eigenvalue weighted by atomic mass is 32.2. The van der Waals surface area contributed by atoms with Crippen molar-refractivity contribution in [2.45, 2.75) is 16.7 Å². The molecule has 0 atom stereocenters. The Balaban J connectivity index is 2.30. The van der Waals surface area contributed by atoms with E-state index in [1.807, 2.05) is 12.1 Å². The predicted octanol–water partition coefficient (Wildman–Crippen LogP) is 3.76. The van der Waals surface area contributed by atoms with E-state index in [2.05, 4.69) is 0 Å². The molecule has 0 aliphatic heterocycles. The Morgan fingerprint density at radius 3 is 2.56 bits per heavy atom. The van der Waals surface area contributed by atoms with Crippen molar-refractivity contribution in [1.82, 2.24) is 0 Å². The van der Waals surface area contributed by atoms with Gasteiger partial charge in [-0.25, -0.2) is 0 Å². The molecule has 5 heteroatoms. The van der Waals surface area contributed by atoms with Gasteiger partial charge in [0.05, 0.1) is 4.92 Å². The van der Waals surface area contributed by atoms with E-state index in [1.165, 1.54) is 11.8 Å². The summed E-state index contributed by atoms with van der Waals surface area (Å²) in [4.78, 5) is 12.1. The number of hydrogen-bond acceptors (Lipinski definition) is 4. The zero-order chi connectivity index (χ0) is 13.1. The maximum absolute atomic E-state index is 10.8. The van der Waals surface area contributed by atoms with Crippen LogP contribution in [0.1, 0.15) is 5.56 Å². The predicted molar refractivity (Wildman–Crippen MR) is 70.1 cm³/mol. The summed E-state index contributed by atoms with van der Waals surface area (Å²) in [5, 5.41) is 20.2. The molecule has 2 rings (SSSR count). The summed E-state index contributed by atoms with van der Waals surface area (Å²) in [6.07, 6.45) is 0. The molecule has 2 aromatic carbocycles. The minimum atomic E-state index is -0.387. The summed E-state index contributed by atoms with van der Waals surface area (Å²) in [5.41, 5.74) is 0.750. The lowest BCUT2D eigenvalue weighted by molar-refractivity contribution is -0.385. The normalized spacial score (nSPS) is 10.3. The summed E-state index contributed by atoms with van der Waals surface area (Å²) in [7, 11) is 0. The third-order valence-electron chi connectivity index (χ3n) is 2.43. The number of phenolic OH excluding ortho intramolecular Hbond substituents is 1. The maximum atomic E-state index is 10.8. The van der Waals surface area contributed by atoms with E-state index in [-0.39, 0.29) is 16.4 Å². The van der Waals surface area contributed by atoms with Crippen LogP contribution in [0.2, 0.25) is 0 Å². The van der Waals surface area contributed by atoms with Crippen LogP contribution in [0.3, 0.4) is 0 Å². The fraction of sp³-hybridized carbons (Fsp3) is 0.0769. The lowest BCUT2D eigenvalue weighted by Gasteiger charge is -2.03. The van der Waals surface area contributed by atoms with Gasteiger partial charge in [0.25, 0.3) is 5.69 Å². The number of nitro groups is 1. The highest BCUT2D eigenvalue weighted by molar-refractivity contribution is 7.99.